The van der Waals surface area contributed by atoms with Gasteiger partial charge in [0.1, 0.15) is 17.0 Å². The van der Waals surface area contributed by atoms with Crippen molar-refractivity contribution in [3.05, 3.63) is 39.8 Å². The number of hydrogen-bond acceptors (Lipinski definition) is 5. The lowest BCUT2D eigenvalue weighted by Crippen LogP contribution is -2.36. The Morgan fingerprint density at radius 1 is 1.36 bits per heavy atom. The van der Waals surface area contributed by atoms with Gasteiger partial charge in [0.2, 0.25) is 0 Å². The van der Waals surface area contributed by atoms with Gasteiger partial charge in [0, 0.05) is 5.02 Å². The number of carbonyl (C=O) groups excluding carboxylic acids is 2. The van der Waals surface area contributed by atoms with Gasteiger partial charge in [0.15, 0.2) is 0 Å². The van der Waals surface area contributed by atoms with Gasteiger partial charge in [-0.2, -0.15) is 0 Å². The molecule has 1 aromatic rings. The van der Waals surface area contributed by atoms with Crippen molar-refractivity contribution >= 4 is 57.9 Å². The fourth-order valence-electron chi connectivity index (χ4n) is 2.92. The van der Waals surface area contributed by atoms with Crippen molar-refractivity contribution in [2.45, 2.75) is 38.2 Å². The van der Waals surface area contributed by atoms with Crippen molar-refractivity contribution in [3.63, 3.8) is 0 Å². The van der Waals surface area contributed by atoms with Crippen LogP contribution in [0.15, 0.2) is 29.2 Å². The van der Waals surface area contributed by atoms with Crippen LogP contribution in [0.5, 0.6) is 0 Å². The van der Waals surface area contributed by atoms with E-state index in [1.165, 1.54) is 23.1 Å². The van der Waals surface area contributed by atoms with E-state index in [0.29, 0.717) is 14.2 Å². The van der Waals surface area contributed by atoms with Crippen LogP contribution in [0.4, 0.5) is 0 Å². The molecule has 0 spiro atoms. The van der Waals surface area contributed by atoms with Crippen LogP contribution in [-0.4, -0.2) is 33.7 Å². The van der Waals surface area contributed by atoms with Gasteiger partial charge < -0.3 is 4.74 Å². The van der Waals surface area contributed by atoms with Crippen molar-refractivity contribution in [2.24, 2.45) is 0 Å². The molecule has 1 aliphatic heterocycles. The normalized spacial score (nSPS) is 20.4. The molecule has 0 radical (unpaired) electrons. The number of amides is 1. The van der Waals surface area contributed by atoms with E-state index in [4.69, 9.17) is 28.6 Å². The zero-order valence-corrected chi connectivity index (χ0v) is 16.0. The molecule has 1 aromatic carbocycles. The number of carbonyl (C=O) groups is 2. The average molecular weight is 396 g/mol. The Balaban J connectivity index is 1.63. The Kier molecular flexibility index (Phi) is 6.15. The Morgan fingerprint density at radius 3 is 2.84 bits per heavy atom. The van der Waals surface area contributed by atoms with Crippen LogP contribution in [0.3, 0.4) is 0 Å². The van der Waals surface area contributed by atoms with Crippen molar-refractivity contribution in [1.82, 2.24) is 4.90 Å². The summed E-state index contributed by atoms with van der Waals surface area (Å²) < 4.78 is 5.85. The van der Waals surface area contributed by atoms with E-state index in [2.05, 4.69) is 0 Å². The molecule has 0 bridgehead atoms. The molecule has 0 unspecified atom stereocenters. The maximum absolute atomic E-state index is 12.5. The number of benzene rings is 1. The van der Waals surface area contributed by atoms with Gasteiger partial charge in [-0.05, 0) is 49.5 Å². The molecule has 7 heteroatoms. The number of rotatable bonds is 4. The molecule has 1 saturated carbocycles. The molecule has 3 rings (SSSR count). The van der Waals surface area contributed by atoms with Crippen molar-refractivity contribution < 1.29 is 14.3 Å². The first-order chi connectivity index (χ1) is 12.0. The molecule has 25 heavy (non-hydrogen) atoms. The van der Waals surface area contributed by atoms with Gasteiger partial charge in [-0.15, -0.1) is 0 Å². The second-order valence-electron chi connectivity index (χ2n) is 6.07. The molecular weight excluding hydrogens is 378 g/mol. The monoisotopic (exact) mass is 395 g/mol. The van der Waals surface area contributed by atoms with Crippen LogP contribution >= 0.6 is 35.6 Å². The summed E-state index contributed by atoms with van der Waals surface area (Å²) in [6, 6.07) is 7.21. The van der Waals surface area contributed by atoms with Crippen molar-refractivity contribution in [2.75, 3.05) is 6.54 Å². The van der Waals surface area contributed by atoms with Crippen LogP contribution in [0.2, 0.25) is 5.02 Å². The molecule has 2 aliphatic rings. The second kappa shape index (κ2) is 8.34. The molecule has 132 valence electrons. The van der Waals surface area contributed by atoms with Crippen molar-refractivity contribution in [3.8, 4) is 0 Å². The van der Waals surface area contributed by atoms with E-state index in [9.17, 15) is 9.59 Å². The lowest BCUT2D eigenvalue weighted by molar-refractivity contribution is -0.152. The van der Waals surface area contributed by atoms with E-state index in [-0.39, 0.29) is 18.6 Å². The Bertz CT molecular complexity index is 729. The summed E-state index contributed by atoms with van der Waals surface area (Å²) in [7, 11) is 0. The highest BCUT2D eigenvalue weighted by atomic mass is 35.5. The summed E-state index contributed by atoms with van der Waals surface area (Å²) in [5, 5.41) is 0.597. The third-order valence-electron chi connectivity index (χ3n) is 4.16. The smallest absolute Gasteiger partial charge is 0.326 e. The summed E-state index contributed by atoms with van der Waals surface area (Å²) in [6.07, 6.45) is 6.87. The molecule has 1 heterocycles. The largest absolute Gasteiger partial charge is 0.461 e. The fraction of sp³-hybridized carbons (Fsp3) is 0.389. The molecule has 4 nitrogen and oxygen atoms in total. The first-order valence-corrected chi connectivity index (χ1v) is 9.83. The quantitative estimate of drug-likeness (QED) is 0.429. The lowest BCUT2D eigenvalue weighted by atomic mass is 9.98. The second-order valence-corrected chi connectivity index (χ2v) is 8.18. The summed E-state index contributed by atoms with van der Waals surface area (Å²) in [6.45, 7) is -0.131. The van der Waals surface area contributed by atoms with E-state index >= 15 is 0 Å². The first-order valence-electron chi connectivity index (χ1n) is 8.23. The number of esters is 1. The number of hydrogen-bond donors (Lipinski definition) is 0. The molecule has 1 amide bonds. The van der Waals surface area contributed by atoms with Gasteiger partial charge in [0.05, 0.1) is 4.91 Å². The lowest BCUT2D eigenvalue weighted by Gasteiger charge is -2.23. The number of ether oxygens (including phenoxy) is 1. The summed E-state index contributed by atoms with van der Waals surface area (Å²) >= 11 is 12.4. The van der Waals surface area contributed by atoms with E-state index in [0.717, 1.165) is 31.2 Å². The van der Waals surface area contributed by atoms with Crippen LogP contribution in [-0.2, 0) is 14.3 Å². The summed E-state index contributed by atoms with van der Waals surface area (Å²) in [4.78, 5) is 26.5. The molecule has 0 atom stereocenters. The van der Waals surface area contributed by atoms with Crippen LogP contribution in [0.25, 0.3) is 6.08 Å². The Morgan fingerprint density at radius 2 is 2.12 bits per heavy atom. The Labute approximate surface area is 161 Å². The first kappa shape index (κ1) is 18.4. The highest BCUT2D eigenvalue weighted by Gasteiger charge is 2.34. The molecule has 1 aliphatic carbocycles. The zero-order chi connectivity index (χ0) is 17.8. The SMILES string of the molecule is O=C(CN1C(=O)/C(=C/c2cccc(Cl)c2)SC1=S)OC1CCCCC1. The van der Waals surface area contributed by atoms with Gasteiger partial charge >= 0.3 is 5.97 Å². The fourth-order valence-corrected chi connectivity index (χ4v) is 4.37. The highest BCUT2D eigenvalue weighted by Crippen LogP contribution is 2.33. The number of nitrogens with zero attached hydrogens (tertiary/aromatic N) is 1. The minimum absolute atomic E-state index is 0.0262. The third kappa shape index (κ3) is 4.84. The molecule has 0 aromatic heterocycles. The van der Waals surface area contributed by atoms with Gasteiger partial charge in [-0.1, -0.05) is 54.1 Å². The number of thiocarbonyl (C=S) groups is 1. The molecule has 2 fully saturated rings. The van der Waals surface area contributed by atoms with E-state index in [1.807, 2.05) is 12.1 Å². The van der Waals surface area contributed by atoms with Crippen LogP contribution < -0.4 is 0 Å². The predicted molar refractivity (Wildman–Crippen MR) is 104 cm³/mol. The van der Waals surface area contributed by atoms with Gasteiger partial charge in [-0.25, -0.2) is 0 Å². The zero-order valence-electron chi connectivity index (χ0n) is 13.6. The van der Waals surface area contributed by atoms with Crippen LogP contribution in [0.1, 0.15) is 37.7 Å². The number of halogens is 1. The summed E-state index contributed by atoms with van der Waals surface area (Å²) in [5.41, 5.74) is 0.817. The van der Waals surface area contributed by atoms with Crippen LogP contribution in [0, 0.1) is 0 Å². The molecule has 0 N–H and O–H groups in total. The van der Waals surface area contributed by atoms with Gasteiger partial charge in [-0.3, -0.25) is 14.5 Å². The topological polar surface area (TPSA) is 46.6 Å². The highest BCUT2D eigenvalue weighted by molar-refractivity contribution is 8.26. The number of thioether (sulfide) groups is 1. The predicted octanol–water partition coefficient (Wildman–Crippen LogP) is 4.42. The molecule has 1 saturated heterocycles. The summed E-state index contributed by atoms with van der Waals surface area (Å²) in [5.74, 6) is -0.664. The minimum atomic E-state index is -0.396. The van der Waals surface area contributed by atoms with Crippen molar-refractivity contribution in [1.29, 1.82) is 0 Å². The minimum Gasteiger partial charge on any atom is -0.461 e. The average Bonchev–Trinajstić information content (AvgIpc) is 2.83. The Hall–Kier alpha value is -1.37. The maximum atomic E-state index is 12.5. The maximum Gasteiger partial charge on any atom is 0.326 e. The van der Waals surface area contributed by atoms with E-state index in [1.54, 1.807) is 18.2 Å². The van der Waals surface area contributed by atoms with E-state index < -0.39 is 5.97 Å². The standard InChI is InChI=1S/C18H18ClNO3S2/c19-13-6-4-5-12(9-13)10-15-17(22)20(18(24)25-15)11-16(21)23-14-7-2-1-3-8-14/h4-6,9-10,14H,1-3,7-8,11H2/b15-10-. The third-order valence-corrected chi connectivity index (χ3v) is 5.77. The molecular formula is C18H18ClNO3S2. The van der Waals surface area contributed by atoms with Gasteiger partial charge in [0.25, 0.3) is 5.91 Å².